The molecule has 0 spiro atoms. The lowest BCUT2D eigenvalue weighted by Crippen LogP contribution is -2.34. The fourth-order valence-electron chi connectivity index (χ4n) is 1.82. The topological polar surface area (TPSA) is 41.5 Å². The predicted molar refractivity (Wildman–Crippen MR) is 84.2 cm³/mol. The van der Waals surface area contributed by atoms with E-state index in [-0.39, 0.29) is 0 Å². The summed E-state index contributed by atoms with van der Waals surface area (Å²) >= 11 is 0. The Hall–Kier alpha value is -1.06. The van der Waals surface area contributed by atoms with Crippen molar-refractivity contribution in [3.05, 3.63) is 29.8 Å². The monoisotopic (exact) mass is 279 g/mol. The number of nitrogens with one attached hydrogen (secondary N) is 1. The largest absolute Gasteiger partial charge is 0.491 e. The molecule has 0 aromatic heterocycles. The molecular formula is C17H29NO2. The Morgan fingerprint density at radius 1 is 1.20 bits per heavy atom. The number of hydrogen-bond donors (Lipinski definition) is 2. The Morgan fingerprint density at radius 3 is 2.60 bits per heavy atom. The van der Waals surface area contributed by atoms with Gasteiger partial charge < -0.3 is 15.2 Å². The van der Waals surface area contributed by atoms with Crippen LogP contribution in [0.5, 0.6) is 5.75 Å². The number of aliphatic hydroxyl groups is 1. The second-order valence-electron chi connectivity index (χ2n) is 5.85. The van der Waals surface area contributed by atoms with Crippen LogP contribution in [-0.4, -0.2) is 30.9 Å². The number of benzene rings is 1. The van der Waals surface area contributed by atoms with Crippen molar-refractivity contribution in [3.63, 3.8) is 0 Å². The van der Waals surface area contributed by atoms with Crippen LogP contribution in [-0.2, 0) is 6.42 Å². The highest BCUT2D eigenvalue weighted by atomic mass is 16.5. The molecule has 2 atom stereocenters. The first kappa shape index (κ1) is 17.0. The van der Waals surface area contributed by atoms with Crippen LogP contribution in [0.15, 0.2) is 24.3 Å². The van der Waals surface area contributed by atoms with E-state index in [0.717, 1.165) is 18.7 Å². The van der Waals surface area contributed by atoms with Crippen molar-refractivity contribution in [2.45, 2.75) is 40.2 Å². The van der Waals surface area contributed by atoms with Crippen molar-refractivity contribution >= 4 is 0 Å². The molecule has 2 unspecified atom stereocenters. The Kier molecular flexibility index (Phi) is 7.63. The van der Waals surface area contributed by atoms with Gasteiger partial charge >= 0.3 is 0 Å². The normalized spacial score (nSPS) is 14.3. The first-order chi connectivity index (χ1) is 9.52. The predicted octanol–water partition coefficient (Wildman–Crippen LogP) is 2.87. The van der Waals surface area contributed by atoms with Gasteiger partial charge in [-0.25, -0.2) is 0 Å². The van der Waals surface area contributed by atoms with E-state index in [1.165, 1.54) is 5.56 Å². The van der Waals surface area contributed by atoms with Gasteiger partial charge in [0.25, 0.3) is 0 Å². The van der Waals surface area contributed by atoms with Crippen molar-refractivity contribution in [2.75, 3.05) is 19.7 Å². The van der Waals surface area contributed by atoms with Crippen molar-refractivity contribution in [1.29, 1.82) is 0 Å². The van der Waals surface area contributed by atoms with E-state index in [1.807, 2.05) is 18.2 Å². The summed E-state index contributed by atoms with van der Waals surface area (Å²) in [6.45, 7) is 10.6. The molecule has 3 nitrogen and oxygen atoms in total. The molecule has 1 aromatic rings. The Morgan fingerprint density at radius 2 is 1.95 bits per heavy atom. The molecule has 0 radical (unpaired) electrons. The van der Waals surface area contributed by atoms with E-state index in [9.17, 15) is 5.11 Å². The van der Waals surface area contributed by atoms with E-state index in [4.69, 9.17) is 4.74 Å². The van der Waals surface area contributed by atoms with Crippen molar-refractivity contribution in [1.82, 2.24) is 5.32 Å². The molecule has 0 saturated heterocycles. The molecule has 0 heterocycles. The third-order valence-corrected chi connectivity index (χ3v) is 3.73. The minimum absolute atomic E-state index is 0.330. The van der Waals surface area contributed by atoms with Crippen LogP contribution in [0.1, 0.15) is 33.3 Å². The van der Waals surface area contributed by atoms with Gasteiger partial charge in [-0.15, -0.1) is 0 Å². The minimum Gasteiger partial charge on any atom is -0.491 e. The van der Waals surface area contributed by atoms with E-state index in [0.29, 0.717) is 25.0 Å². The molecule has 0 saturated carbocycles. The van der Waals surface area contributed by atoms with Crippen LogP contribution >= 0.6 is 0 Å². The maximum atomic E-state index is 9.90. The van der Waals surface area contributed by atoms with Crippen LogP contribution in [0.2, 0.25) is 0 Å². The second kappa shape index (κ2) is 8.98. The van der Waals surface area contributed by atoms with E-state index in [1.54, 1.807) is 0 Å². The summed E-state index contributed by atoms with van der Waals surface area (Å²) in [7, 11) is 0. The van der Waals surface area contributed by atoms with Gasteiger partial charge in [-0.05, 0) is 42.5 Å². The van der Waals surface area contributed by atoms with E-state index >= 15 is 0 Å². The number of ether oxygens (including phenoxy) is 1. The fourth-order valence-corrected chi connectivity index (χ4v) is 1.82. The highest BCUT2D eigenvalue weighted by molar-refractivity contribution is 5.28. The summed E-state index contributed by atoms with van der Waals surface area (Å²) in [5.74, 6) is 2.11. The third-order valence-electron chi connectivity index (χ3n) is 3.73. The molecule has 0 aliphatic heterocycles. The number of hydrogen-bond acceptors (Lipinski definition) is 3. The zero-order valence-electron chi connectivity index (χ0n) is 13.2. The zero-order chi connectivity index (χ0) is 15.0. The second-order valence-corrected chi connectivity index (χ2v) is 5.85. The summed E-state index contributed by atoms with van der Waals surface area (Å²) in [5, 5.41) is 13.2. The zero-order valence-corrected chi connectivity index (χ0v) is 13.2. The number of rotatable bonds is 9. The van der Waals surface area contributed by atoms with Crippen molar-refractivity contribution in [3.8, 4) is 5.75 Å². The van der Waals surface area contributed by atoms with Gasteiger partial charge in [-0.1, -0.05) is 39.8 Å². The molecule has 1 aromatic carbocycles. The summed E-state index contributed by atoms with van der Waals surface area (Å²) in [4.78, 5) is 0. The quantitative estimate of drug-likeness (QED) is 0.730. The van der Waals surface area contributed by atoms with Crippen LogP contribution in [0.4, 0.5) is 0 Å². The smallest absolute Gasteiger partial charge is 0.119 e. The SMILES string of the molecule is CCc1cccc(OCC(O)CNCC(C)C(C)C)c1. The minimum atomic E-state index is -0.473. The maximum absolute atomic E-state index is 9.90. The summed E-state index contributed by atoms with van der Waals surface area (Å²) in [6, 6.07) is 8.03. The molecule has 20 heavy (non-hydrogen) atoms. The number of aliphatic hydroxyl groups excluding tert-OH is 1. The van der Waals surface area contributed by atoms with Gasteiger partial charge in [0.05, 0.1) is 0 Å². The van der Waals surface area contributed by atoms with Crippen LogP contribution in [0.25, 0.3) is 0 Å². The van der Waals surface area contributed by atoms with Gasteiger partial charge in [-0.2, -0.15) is 0 Å². The number of aryl methyl sites for hydroxylation is 1. The molecule has 2 N–H and O–H groups in total. The Bertz CT molecular complexity index is 379. The Balaban J connectivity index is 2.24. The highest BCUT2D eigenvalue weighted by Gasteiger charge is 2.09. The summed E-state index contributed by atoms with van der Waals surface area (Å²) < 4.78 is 5.63. The molecule has 0 amide bonds. The first-order valence-electron chi connectivity index (χ1n) is 7.63. The average Bonchev–Trinajstić information content (AvgIpc) is 2.45. The van der Waals surface area contributed by atoms with Gasteiger partial charge in [0.15, 0.2) is 0 Å². The molecule has 1 rings (SSSR count). The van der Waals surface area contributed by atoms with Crippen molar-refractivity contribution < 1.29 is 9.84 Å². The van der Waals surface area contributed by atoms with Crippen LogP contribution < -0.4 is 10.1 Å². The average molecular weight is 279 g/mol. The molecule has 0 fully saturated rings. The third kappa shape index (κ3) is 6.40. The van der Waals surface area contributed by atoms with E-state index in [2.05, 4.69) is 39.1 Å². The lowest BCUT2D eigenvalue weighted by molar-refractivity contribution is 0.105. The van der Waals surface area contributed by atoms with Gasteiger partial charge in [0.2, 0.25) is 0 Å². The first-order valence-corrected chi connectivity index (χ1v) is 7.63. The molecule has 0 aliphatic carbocycles. The molecule has 114 valence electrons. The molecular weight excluding hydrogens is 250 g/mol. The van der Waals surface area contributed by atoms with Gasteiger partial charge in [-0.3, -0.25) is 0 Å². The molecule has 0 aliphatic rings. The Labute approximate surface area is 123 Å². The lowest BCUT2D eigenvalue weighted by atomic mass is 9.98. The standard InChI is InChI=1S/C17H29NO2/c1-5-15-7-6-8-17(9-15)20-12-16(19)11-18-10-14(4)13(2)3/h6-9,13-14,16,18-19H,5,10-12H2,1-4H3. The van der Waals surface area contributed by atoms with Crippen molar-refractivity contribution in [2.24, 2.45) is 11.8 Å². The summed E-state index contributed by atoms with van der Waals surface area (Å²) in [6.07, 6.45) is 0.522. The van der Waals surface area contributed by atoms with E-state index < -0.39 is 6.10 Å². The highest BCUT2D eigenvalue weighted by Crippen LogP contribution is 2.13. The fraction of sp³-hybridized carbons (Fsp3) is 0.647. The summed E-state index contributed by atoms with van der Waals surface area (Å²) in [5.41, 5.74) is 1.25. The van der Waals surface area contributed by atoms with Crippen LogP contribution in [0, 0.1) is 11.8 Å². The van der Waals surface area contributed by atoms with Gasteiger partial charge in [0.1, 0.15) is 18.5 Å². The molecule has 3 heteroatoms. The van der Waals surface area contributed by atoms with Crippen LogP contribution in [0.3, 0.4) is 0 Å². The maximum Gasteiger partial charge on any atom is 0.119 e. The lowest BCUT2D eigenvalue weighted by Gasteiger charge is -2.18. The molecule has 0 bridgehead atoms. The van der Waals surface area contributed by atoms with Gasteiger partial charge in [0, 0.05) is 6.54 Å².